The first kappa shape index (κ1) is 13.5. The molecule has 0 unspecified atom stereocenters. The highest BCUT2D eigenvalue weighted by Crippen LogP contribution is 2.33. The molecule has 1 heterocycles. The fraction of sp³-hybridized carbons (Fsp3) is 0.235. The Morgan fingerprint density at radius 3 is 2.38 bits per heavy atom. The maximum atomic E-state index is 5.60. The number of amidine groups is 1. The van der Waals surface area contributed by atoms with Crippen LogP contribution in [0.4, 0.5) is 5.69 Å². The lowest BCUT2D eigenvalue weighted by atomic mass is 10.2. The van der Waals surface area contributed by atoms with Crippen molar-refractivity contribution in [2.75, 3.05) is 27.3 Å². The topological polar surface area (TPSA) is 34.1 Å². The van der Waals surface area contributed by atoms with Crippen molar-refractivity contribution in [3.8, 4) is 11.5 Å². The van der Waals surface area contributed by atoms with Crippen LogP contribution in [0, 0.1) is 0 Å². The number of rotatable bonds is 2. The molecule has 0 fully saturated rings. The van der Waals surface area contributed by atoms with Crippen LogP contribution in [0.25, 0.3) is 0 Å². The van der Waals surface area contributed by atoms with Crippen LogP contribution in [-0.4, -0.2) is 38.0 Å². The van der Waals surface area contributed by atoms with Crippen molar-refractivity contribution in [1.82, 2.24) is 4.90 Å². The molecular weight excluding hydrogens is 264 g/mol. The Hall–Kier alpha value is -2.49. The summed E-state index contributed by atoms with van der Waals surface area (Å²) in [5.74, 6) is 2.45. The quantitative estimate of drug-likeness (QED) is 0.627. The van der Waals surface area contributed by atoms with Crippen molar-refractivity contribution >= 4 is 11.5 Å². The molecule has 4 nitrogen and oxygen atoms in total. The Kier molecular flexibility index (Phi) is 3.77. The highest BCUT2D eigenvalue weighted by molar-refractivity contribution is 6.00. The molecule has 0 bridgehead atoms. The van der Waals surface area contributed by atoms with Crippen LogP contribution in [0.2, 0.25) is 0 Å². The van der Waals surface area contributed by atoms with Gasteiger partial charge >= 0.3 is 0 Å². The van der Waals surface area contributed by atoms with Gasteiger partial charge in [0.1, 0.15) is 19.0 Å². The van der Waals surface area contributed by atoms with Gasteiger partial charge in [-0.15, -0.1) is 0 Å². The highest BCUT2D eigenvalue weighted by Gasteiger charge is 2.12. The maximum absolute atomic E-state index is 5.60. The third-order valence-electron chi connectivity index (χ3n) is 3.22. The van der Waals surface area contributed by atoms with Gasteiger partial charge in [-0.1, -0.05) is 30.3 Å². The smallest absolute Gasteiger partial charge is 0.163 e. The average molecular weight is 282 g/mol. The maximum Gasteiger partial charge on any atom is 0.163 e. The molecule has 3 rings (SSSR count). The molecule has 2 aromatic rings. The van der Waals surface area contributed by atoms with Crippen LogP contribution in [0.15, 0.2) is 53.5 Å². The first-order valence-corrected chi connectivity index (χ1v) is 6.95. The number of fused-ring (bicyclic) bond motifs is 1. The van der Waals surface area contributed by atoms with Crippen LogP contribution in [0.3, 0.4) is 0 Å². The highest BCUT2D eigenvalue weighted by atomic mass is 16.6. The Labute approximate surface area is 124 Å². The largest absolute Gasteiger partial charge is 0.486 e. The molecule has 0 radical (unpaired) electrons. The number of nitrogens with zero attached hydrogens (tertiary/aromatic N) is 2. The van der Waals surface area contributed by atoms with Gasteiger partial charge in [-0.25, -0.2) is 4.99 Å². The lowest BCUT2D eigenvalue weighted by Gasteiger charge is -2.19. The molecule has 21 heavy (non-hydrogen) atoms. The van der Waals surface area contributed by atoms with Crippen molar-refractivity contribution in [3.63, 3.8) is 0 Å². The van der Waals surface area contributed by atoms with E-state index < -0.39 is 0 Å². The predicted octanol–water partition coefficient (Wildman–Crippen LogP) is 3.10. The van der Waals surface area contributed by atoms with E-state index in [0.29, 0.717) is 13.2 Å². The van der Waals surface area contributed by atoms with Crippen molar-refractivity contribution < 1.29 is 9.47 Å². The summed E-state index contributed by atoms with van der Waals surface area (Å²) in [7, 11) is 3.98. The average Bonchev–Trinajstić information content (AvgIpc) is 2.53. The summed E-state index contributed by atoms with van der Waals surface area (Å²) in [6.07, 6.45) is 0. The molecular formula is C17H18N2O2. The molecule has 2 aromatic carbocycles. The summed E-state index contributed by atoms with van der Waals surface area (Å²) < 4.78 is 11.1. The second kappa shape index (κ2) is 5.87. The van der Waals surface area contributed by atoms with Gasteiger partial charge in [0.2, 0.25) is 0 Å². The van der Waals surface area contributed by atoms with Gasteiger partial charge in [-0.3, -0.25) is 0 Å². The SMILES string of the molecule is CN(C)C(=Nc1ccc2c(c1)OCCO2)c1ccccc1. The number of ether oxygens (including phenoxy) is 2. The summed E-state index contributed by atoms with van der Waals surface area (Å²) in [5.41, 5.74) is 1.93. The van der Waals surface area contributed by atoms with Crippen LogP contribution in [0.1, 0.15) is 5.56 Å². The van der Waals surface area contributed by atoms with E-state index in [2.05, 4.69) is 12.1 Å². The predicted molar refractivity (Wildman–Crippen MR) is 83.8 cm³/mol. The second-order valence-electron chi connectivity index (χ2n) is 5.02. The monoisotopic (exact) mass is 282 g/mol. The zero-order chi connectivity index (χ0) is 14.7. The molecule has 0 spiro atoms. The van der Waals surface area contributed by atoms with Crippen LogP contribution in [0.5, 0.6) is 11.5 Å². The molecule has 0 saturated carbocycles. The van der Waals surface area contributed by atoms with Gasteiger partial charge in [-0.05, 0) is 12.1 Å². The molecule has 108 valence electrons. The van der Waals surface area contributed by atoms with E-state index in [1.54, 1.807) is 0 Å². The molecule has 4 heteroatoms. The Bertz CT molecular complexity index is 651. The minimum atomic E-state index is 0.583. The van der Waals surface area contributed by atoms with Gasteiger partial charge in [0.15, 0.2) is 11.5 Å². The minimum absolute atomic E-state index is 0.583. The summed E-state index contributed by atoms with van der Waals surface area (Å²) in [6, 6.07) is 15.9. The van der Waals surface area contributed by atoms with Crippen molar-refractivity contribution in [3.05, 3.63) is 54.1 Å². The Balaban J connectivity index is 1.98. The minimum Gasteiger partial charge on any atom is -0.486 e. The molecule has 1 aliphatic heterocycles. The summed E-state index contributed by atoms with van der Waals surface area (Å²) >= 11 is 0. The number of hydrogen-bond donors (Lipinski definition) is 0. The van der Waals surface area contributed by atoms with Crippen molar-refractivity contribution in [1.29, 1.82) is 0 Å². The fourth-order valence-electron chi connectivity index (χ4n) is 2.23. The Morgan fingerprint density at radius 2 is 1.67 bits per heavy atom. The molecule has 0 N–H and O–H groups in total. The first-order chi connectivity index (χ1) is 10.2. The van der Waals surface area contributed by atoms with E-state index in [4.69, 9.17) is 14.5 Å². The molecule has 0 aromatic heterocycles. The van der Waals surface area contributed by atoms with E-state index in [-0.39, 0.29) is 0 Å². The van der Waals surface area contributed by atoms with Gasteiger partial charge in [-0.2, -0.15) is 0 Å². The van der Waals surface area contributed by atoms with E-state index in [9.17, 15) is 0 Å². The van der Waals surface area contributed by atoms with E-state index >= 15 is 0 Å². The second-order valence-corrected chi connectivity index (χ2v) is 5.02. The first-order valence-electron chi connectivity index (χ1n) is 6.95. The van der Waals surface area contributed by atoms with Gasteiger partial charge in [0.05, 0.1) is 5.69 Å². The van der Waals surface area contributed by atoms with E-state index in [1.165, 1.54) is 0 Å². The van der Waals surface area contributed by atoms with Crippen LogP contribution < -0.4 is 9.47 Å². The van der Waals surface area contributed by atoms with Gasteiger partial charge in [0.25, 0.3) is 0 Å². The zero-order valence-electron chi connectivity index (χ0n) is 12.2. The standard InChI is InChI=1S/C17H18N2O2/c1-19(2)17(13-6-4-3-5-7-13)18-14-8-9-15-16(12-14)21-11-10-20-15/h3-9,12H,10-11H2,1-2H3. The van der Waals surface area contributed by atoms with Crippen molar-refractivity contribution in [2.45, 2.75) is 0 Å². The lowest BCUT2D eigenvalue weighted by Crippen LogP contribution is -2.22. The molecule has 1 aliphatic rings. The van der Waals surface area contributed by atoms with Gasteiger partial charge < -0.3 is 14.4 Å². The lowest BCUT2D eigenvalue weighted by molar-refractivity contribution is 0.171. The summed E-state index contributed by atoms with van der Waals surface area (Å²) in [6.45, 7) is 1.18. The normalized spacial score (nSPS) is 13.9. The summed E-state index contributed by atoms with van der Waals surface area (Å²) in [4.78, 5) is 6.75. The van der Waals surface area contributed by atoms with Crippen LogP contribution in [-0.2, 0) is 0 Å². The van der Waals surface area contributed by atoms with Gasteiger partial charge in [0, 0.05) is 25.7 Å². The van der Waals surface area contributed by atoms with Crippen molar-refractivity contribution in [2.24, 2.45) is 4.99 Å². The Morgan fingerprint density at radius 1 is 0.952 bits per heavy atom. The zero-order valence-corrected chi connectivity index (χ0v) is 12.2. The third-order valence-corrected chi connectivity index (χ3v) is 3.22. The molecule has 0 saturated heterocycles. The molecule has 0 amide bonds. The molecule has 0 atom stereocenters. The fourth-order valence-corrected chi connectivity index (χ4v) is 2.23. The van der Waals surface area contributed by atoms with Crippen LogP contribution >= 0.6 is 0 Å². The third kappa shape index (κ3) is 2.99. The van der Waals surface area contributed by atoms with E-state index in [0.717, 1.165) is 28.6 Å². The molecule has 0 aliphatic carbocycles. The number of hydrogen-bond acceptors (Lipinski definition) is 3. The van der Waals surface area contributed by atoms with E-state index in [1.807, 2.05) is 55.4 Å². The summed E-state index contributed by atoms with van der Waals surface area (Å²) in [5, 5.41) is 0. The number of aliphatic imine (C=N–C) groups is 1. The number of benzene rings is 2.